The fourth-order valence-electron chi connectivity index (χ4n) is 2.54. The van der Waals surface area contributed by atoms with Gasteiger partial charge in [-0.25, -0.2) is 0 Å². The lowest BCUT2D eigenvalue weighted by Gasteiger charge is -2.26. The normalized spacial score (nSPS) is 14.7. The molecule has 96 valence electrons. The van der Waals surface area contributed by atoms with Gasteiger partial charge in [-0.05, 0) is 50.0 Å². The van der Waals surface area contributed by atoms with Crippen molar-refractivity contribution in [2.24, 2.45) is 5.92 Å². The lowest BCUT2D eigenvalue weighted by atomic mass is 9.85. The molecule has 2 atom stereocenters. The number of nitrogens with zero attached hydrogens (tertiary/aromatic N) is 1. The van der Waals surface area contributed by atoms with Gasteiger partial charge in [0.05, 0.1) is 7.11 Å². The van der Waals surface area contributed by atoms with Crippen molar-refractivity contribution in [2.45, 2.75) is 26.2 Å². The molecule has 2 nitrogen and oxygen atoms in total. The topological polar surface area (TPSA) is 12.5 Å². The van der Waals surface area contributed by atoms with Gasteiger partial charge >= 0.3 is 0 Å². The minimum absolute atomic E-state index is 0.604. The van der Waals surface area contributed by atoms with E-state index < -0.39 is 0 Å². The summed E-state index contributed by atoms with van der Waals surface area (Å²) in [5.41, 5.74) is 1.39. The molecule has 0 aromatic heterocycles. The Labute approximate surface area is 106 Å². The molecule has 0 aliphatic rings. The van der Waals surface area contributed by atoms with Gasteiger partial charge in [-0.3, -0.25) is 0 Å². The SMILES string of the molecule is CCC(c1cccc(OC)c1)C(C)CN(C)C. The van der Waals surface area contributed by atoms with Gasteiger partial charge in [0, 0.05) is 6.54 Å². The molecule has 0 amide bonds. The fraction of sp³-hybridized carbons (Fsp3) is 0.600. The zero-order valence-electron chi connectivity index (χ0n) is 11.7. The van der Waals surface area contributed by atoms with E-state index >= 15 is 0 Å². The van der Waals surface area contributed by atoms with Crippen LogP contribution in [-0.4, -0.2) is 32.6 Å². The minimum atomic E-state index is 0.604. The van der Waals surface area contributed by atoms with Crippen LogP contribution >= 0.6 is 0 Å². The highest BCUT2D eigenvalue weighted by Crippen LogP contribution is 2.30. The van der Waals surface area contributed by atoms with Crippen LogP contribution in [0.1, 0.15) is 31.7 Å². The van der Waals surface area contributed by atoms with Crippen LogP contribution in [0, 0.1) is 5.92 Å². The Bertz CT molecular complexity index is 335. The van der Waals surface area contributed by atoms with Gasteiger partial charge in [0.15, 0.2) is 0 Å². The fourth-order valence-corrected chi connectivity index (χ4v) is 2.54. The van der Waals surface area contributed by atoms with Crippen molar-refractivity contribution in [2.75, 3.05) is 27.7 Å². The highest BCUT2D eigenvalue weighted by atomic mass is 16.5. The third-order valence-corrected chi connectivity index (χ3v) is 3.30. The second-order valence-corrected chi connectivity index (χ2v) is 5.03. The van der Waals surface area contributed by atoms with Gasteiger partial charge in [-0.15, -0.1) is 0 Å². The molecule has 0 aliphatic heterocycles. The quantitative estimate of drug-likeness (QED) is 0.749. The molecule has 0 aliphatic carbocycles. The summed E-state index contributed by atoms with van der Waals surface area (Å²) >= 11 is 0. The van der Waals surface area contributed by atoms with E-state index in [-0.39, 0.29) is 0 Å². The maximum Gasteiger partial charge on any atom is 0.119 e. The zero-order valence-corrected chi connectivity index (χ0v) is 11.7. The molecular formula is C15H25NO. The molecule has 0 spiro atoms. The van der Waals surface area contributed by atoms with Crippen molar-refractivity contribution >= 4 is 0 Å². The number of benzene rings is 1. The van der Waals surface area contributed by atoms with Crippen LogP contribution in [0.15, 0.2) is 24.3 Å². The average molecular weight is 235 g/mol. The monoisotopic (exact) mass is 235 g/mol. The predicted molar refractivity (Wildman–Crippen MR) is 73.7 cm³/mol. The van der Waals surface area contributed by atoms with E-state index in [4.69, 9.17) is 4.74 Å². The van der Waals surface area contributed by atoms with Crippen LogP contribution in [-0.2, 0) is 0 Å². The van der Waals surface area contributed by atoms with Crippen molar-refractivity contribution in [1.82, 2.24) is 4.90 Å². The molecule has 0 radical (unpaired) electrons. The lowest BCUT2D eigenvalue weighted by molar-refractivity contribution is 0.301. The van der Waals surface area contributed by atoms with Crippen molar-refractivity contribution < 1.29 is 4.74 Å². The third-order valence-electron chi connectivity index (χ3n) is 3.30. The van der Waals surface area contributed by atoms with Gasteiger partial charge in [-0.2, -0.15) is 0 Å². The molecule has 0 heterocycles. The molecule has 0 N–H and O–H groups in total. The second kappa shape index (κ2) is 6.65. The molecule has 17 heavy (non-hydrogen) atoms. The maximum absolute atomic E-state index is 5.30. The van der Waals surface area contributed by atoms with Crippen LogP contribution in [0.5, 0.6) is 5.75 Å². The molecule has 0 saturated carbocycles. The van der Waals surface area contributed by atoms with Crippen molar-refractivity contribution in [3.05, 3.63) is 29.8 Å². The Morgan fingerprint density at radius 3 is 2.53 bits per heavy atom. The first-order chi connectivity index (χ1) is 8.08. The summed E-state index contributed by atoms with van der Waals surface area (Å²) in [4.78, 5) is 2.26. The van der Waals surface area contributed by atoms with Crippen LogP contribution in [0.3, 0.4) is 0 Å². The van der Waals surface area contributed by atoms with E-state index in [2.05, 4.69) is 51.0 Å². The molecule has 0 bridgehead atoms. The summed E-state index contributed by atoms with van der Waals surface area (Å²) in [6.45, 7) is 5.71. The Morgan fingerprint density at radius 2 is 2.00 bits per heavy atom. The number of methoxy groups -OCH3 is 1. The first-order valence-electron chi connectivity index (χ1n) is 6.37. The average Bonchev–Trinajstić information content (AvgIpc) is 2.29. The predicted octanol–water partition coefficient (Wildman–Crippen LogP) is 3.39. The Hall–Kier alpha value is -1.02. The smallest absolute Gasteiger partial charge is 0.119 e. The molecule has 1 aromatic rings. The molecule has 1 aromatic carbocycles. The Morgan fingerprint density at radius 1 is 1.29 bits per heavy atom. The van der Waals surface area contributed by atoms with Gasteiger partial charge < -0.3 is 9.64 Å². The molecule has 2 heteroatoms. The van der Waals surface area contributed by atoms with E-state index in [9.17, 15) is 0 Å². The Balaban J connectivity index is 2.84. The summed E-state index contributed by atoms with van der Waals surface area (Å²) in [6.07, 6.45) is 1.17. The molecule has 0 saturated heterocycles. The van der Waals surface area contributed by atoms with Crippen molar-refractivity contribution in [3.63, 3.8) is 0 Å². The van der Waals surface area contributed by atoms with E-state index in [0.29, 0.717) is 11.8 Å². The summed E-state index contributed by atoms with van der Waals surface area (Å²) in [7, 11) is 5.99. The van der Waals surface area contributed by atoms with Gasteiger partial charge in [0.1, 0.15) is 5.75 Å². The molecule has 2 unspecified atom stereocenters. The van der Waals surface area contributed by atoms with Crippen molar-refractivity contribution in [3.8, 4) is 5.75 Å². The summed E-state index contributed by atoms with van der Waals surface area (Å²) in [5, 5.41) is 0. The molecule has 1 rings (SSSR count). The first kappa shape index (κ1) is 14.0. The van der Waals surface area contributed by atoms with E-state index in [1.807, 2.05) is 6.07 Å². The zero-order chi connectivity index (χ0) is 12.8. The van der Waals surface area contributed by atoms with Gasteiger partial charge in [0.2, 0.25) is 0 Å². The van der Waals surface area contributed by atoms with E-state index in [0.717, 1.165) is 12.3 Å². The maximum atomic E-state index is 5.30. The standard InChI is InChI=1S/C15H25NO/c1-6-15(12(2)11-16(3)4)13-8-7-9-14(10-13)17-5/h7-10,12,15H,6,11H2,1-5H3. The summed E-state index contributed by atoms with van der Waals surface area (Å²) in [6, 6.07) is 8.47. The van der Waals surface area contributed by atoms with Crippen LogP contribution in [0.25, 0.3) is 0 Å². The lowest BCUT2D eigenvalue weighted by Crippen LogP contribution is -2.24. The van der Waals surface area contributed by atoms with Crippen LogP contribution < -0.4 is 4.74 Å². The first-order valence-corrected chi connectivity index (χ1v) is 6.37. The third kappa shape index (κ3) is 4.04. The molecular weight excluding hydrogens is 210 g/mol. The number of ether oxygens (including phenoxy) is 1. The number of hydrogen-bond donors (Lipinski definition) is 0. The number of hydrogen-bond acceptors (Lipinski definition) is 2. The van der Waals surface area contributed by atoms with Gasteiger partial charge in [0.25, 0.3) is 0 Å². The van der Waals surface area contributed by atoms with E-state index in [1.165, 1.54) is 12.0 Å². The largest absolute Gasteiger partial charge is 0.497 e. The van der Waals surface area contributed by atoms with E-state index in [1.54, 1.807) is 7.11 Å². The van der Waals surface area contributed by atoms with Crippen LogP contribution in [0.4, 0.5) is 0 Å². The Kier molecular flexibility index (Phi) is 5.49. The van der Waals surface area contributed by atoms with Gasteiger partial charge in [-0.1, -0.05) is 26.0 Å². The highest BCUT2D eigenvalue weighted by molar-refractivity contribution is 5.31. The van der Waals surface area contributed by atoms with Crippen LogP contribution in [0.2, 0.25) is 0 Å². The minimum Gasteiger partial charge on any atom is -0.497 e. The number of rotatable bonds is 6. The summed E-state index contributed by atoms with van der Waals surface area (Å²) in [5.74, 6) is 2.22. The summed E-state index contributed by atoms with van der Waals surface area (Å²) < 4.78 is 5.30. The molecule has 0 fully saturated rings. The second-order valence-electron chi connectivity index (χ2n) is 5.03. The van der Waals surface area contributed by atoms with Crippen molar-refractivity contribution in [1.29, 1.82) is 0 Å². The highest BCUT2D eigenvalue weighted by Gasteiger charge is 2.18.